The van der Waals surface area contributed by atoms with Crippen LogP contribution >= 0.6 is 11.3 Å². The van der Waals surface area contributed by atoms with Crippen molar-refractivity contribution in [3.8, 4) is 0 Å². The zero-order valence-corrected chi connectivity index (χ0v) is 15.8. The molecule has 9 heteroatoms. The average Bonchev–Trinajstić information content (AvgIpc) is 3.11. The molecule has 2 amide bonds. The van der Waals surface area contributed by atoms with E-state index in [4.69, 9.17) is 5.21 Å². The van der Waals surface area contributed by atoms with Gasteiger partial charge in [-0.3, -0.25) is 14.8 Å². The van der Waals surface area contributed by atoms with Crippen molar-refractivity contribution in [2.45, 2.75) is 26.2 Å². The van der Waals surface area contributed by atoms with Crippen molar-refractivity contribution in [3.63, 3.8) is 0 Å². The molecule has 3 heterocycles. The molecular weight excluding hydrogens is 366 g/mol. The van der Waals surface area contributed by atoms with E-state index in [1.807, 2.05) is 6.92 Å². The average molecular weight is 387 g/mol. The number of hydrogen-bond donors (Lipinski definition) is 3. The number of anilines is 2. The molecule has 0 spiro atoms. The highest BCUT2D eigenvalue weighted by atomic mass is 32.1. The molecule has 0 bridgehead atoms. The van der Waals surface area contributed by atoms with Crippen LogP contribution in [0, 0.1) is 6.92 Å². The van der Waals surface area contributed by atoms with Crippen LogP contribution in [0.25, 0.3) is 0 Å². The minimum atomic E-state index is -0.429. The molecule has 0 atom stereocenters. The lowest BCUT2D eigenvalue weighted by molar-refractivity contribution is -0.129. The molecule has 0 aliphatic carbocycles. The molecule has 3 N–H and O–H groups in total. The monoisotopic (exact) mass is 387 g/mol. The SMILES string of the molecule is Cc1cnc(Nc2ccc(C(=O)N3CCC=C(CCC(=O)NO)C3)cn2)s1. The Morgan fingerprint density at radius 1 is 1.30 bits per heavy atom. The predicted octanol–water partition coefficient (Wildman–Crippen LogP) is 2.65. The first-order valence-corrected chi connectivity index (χ1v) is 9.42. The third kappa shape index (κ3) is 5.11. The van der Waals surface area contributed by atoms with Crippen LogP contribution in [0.15, 0.2) is 36.2 Å². The number of carbonyl (C=O) groups is 2. The van der Waals surface area contributed by atoms with E-state index in [-0.39, 0.29) is 12.3 Å². The summed E-state index contributed by atoms with van der Waals surface area (Å²) in [6.07, 6.45) is 6.86. The van der Waals surface area contributed by atoms with E-state index in [9.17, 15) is 9.59 Å². The summed E-state index contributed by atoms with van der Waals surface area (Å²) in [5.41, 5.74) is 3.16. The van der Waals surface area contributed by atoms with Crippen LogP contribution in [-0.2, 0) is 4.79 Å². The molecule has 0 radical (unpaired) electrons. The number of aromatic nitrogens is 2. The lowest BCUT2D eigenvalue weighted by atomic mass is 10.0. The maximum absolute atomic E-state index is 12.7. The van der Waals surface area contributed by atoms with Gasteiger partial charge in [-0.15, -0.1) is 11.3 Å². The summed E-state index contributed by atoms with van der Waals surface area (Å²) in [5.74, 6) is 0.119. The van der Waals surface area contributed by atoms with E-state index in [0.717, 1.165) is 22.0 Å². The molecule has 1 aliphatic rings. The number of hydrogen-bond acceptors (Lipinski definition) is 7. The topological polar surface area (TPSA) is 107 Å². The number of pyridine rings is 1. The fraction of sp³-hybridized carbons (Fsp3) is 0.333. The molecule has 3 rings (SSSR count). The quantitative estimate of drug-likeness (QED) is 0.400. The van der Waals surface area contributed by atoms with Crippen molar-refractivity contribution in [1.29, 1.82) is 0 Å². The molecule has 2 aromatic heterocycles. The summed E-state index contributed by atoms with van der Waals surface area (Å²) >= 11 is 1.54. The summed E-state index contributed by atoms with van der Waals surface area (Å²) in [5, 5.41) is 12.4. The van der Waals surface area contributed by atoms with E-state index in [1.54, 1.807) is 34.9 Å². The van der Waals surface area contributed by atoms with Crippen molar-refractivity contribution in [3.05, 3.63) is 46.6 Å². The van der Waals surface area contributed by atoms with Crippen molar-refractivity contribution in [2.75, 3.05) is 18.4 Å². The van der Waals surface area contributed by atoms with Gasteiger partial charge in [0.25, 0.3) is 5.91 Å². The molecule has 0 fully saturated rings. The second-order valence-corrected chi connectivity index (χ2v) is 7.48. The van der Waals surface area contributed by atoms with Crippen LogP contribution in [0.1, 0.15) is 34.5 Å². The number of thiazole rings is 1. The molecule has 27 heavy (non-hydrogen) atoms. The first kappa shape index (κ1) is 19.0. The highest BCUT2D eigenvalue weighted by Crippen LogP contribution is 2.21. The Balaban J connectivity index is 1.58. The summed E-state index contributed by atoms with van der Waals surface area (Å²) in [7, 11) is 0. The minimum Gasteiger partial charge on any atom is -0.334 e. The van der Waals surface area contributed by atoms with E-state index < -0.39 is 5.91 Å². The second kappa shape index (κ2) is 8.74. The van der Waals surface area contributed by atoms with Crippen LogP contribution in [0.4, 0.5) is 10.9 Å². The van der Waals surface area contributed by atoms with Crippen molar-refractivity contribution < 1.29 is 14.8 Å². The first-order chi connectivity index (χ1) is 13.0. The van der Waals surface area contributed by atoms with Gasteiger partial charge in [-0.05, 0) is 31.9 Å². The van der Waals surface area contributed by atoms with Crippen molar-refractivity contribution in [1.82, 2.24) is 20.3 Å². The van der Waals surface area contributed by atoms with Gasteiger partial charge in [0.2, 0.25) is 5.91 Å². The Bertz CT molecular complexity index is 847. The molecular formula is C18H21N5O3S. The zero-order chi connectivity index (χ0) is 19.2. The van der Waals surface area contributed by atoms with E-state index in [2.05, 4.69) is 21.4 Å². The van der Waals surface area contributed by atoms with Gasteiger partial charge < -0.3 is 10.2 Å². The number of hydroxylamine groups is 1. The zero-order valence-electron chi connectivity index (χ0n) is 14.9. The molecule has 2 aromatic rings. The first-order valence-electron chi connectivity index (χ1n) is 8.61. The van der Waals surface area contributed by atoms with Crippen LogP contribution in [0.2, 0.25) is 0 Å². The van der Waals surface area contributed by atoms with Gasteiger partial charge in [0.1, 0.15) is 5.82 Å². The van der Waals surface area contributed by atoms with Crippen LogP contribution < -0.4 is 10.8 Å². The molecule has 0 saturated carbocycles. The van der Waals surface area contributed by atoms with E-state index in [0.29, 0.717) is 30.9 Å². The van der Waals surface area contributed by atoms with Crippen molar-refractivity contribution in [2.24, 2.45) is 0 Å². The Morgan fingerprint density at radius 2 is 2.15 bits per heavy atom. The summed E-state index contributed by atoms with van der Waals surface area (Å²) in [4.78, 5) is 35.3. The van der Waals surface area contributed by atoms with Gasteiger partial charge in [-0.1, -0.05) is 11.6 Å². The second-order valence-electron chi connectivity index (χ2n) is 6.25. The number of nitrogens with zero attached hydrogens (tertiary/aromatic N) is 3. The molecule has 0 aromatic carbocycles. The Kier molecular flexibility index (Phi) is 6.15. The molecule has 8 nitrogen and oxygen atoms in total. The van der Waals surface area contributed by atoms with Gasteiger partial charge in [0, 0.05) is 36.8 Å². The Hall–Kier alpha value is -2.78. The van der Waals surface area contributed by atoms with Crippen LogP contribution in [-0.4, -0.2) is 45.0 Å². The van der Waals surface area contributed by atoms with Crippen LogP contribution in [0.3, 0.4) is 0 Å². The van der Waals surface area contributed by atoms with E-state index in [1.165, 1.54) is 11.3 Å². The fourth-order valence-corrected chi connectivity index (χ4v) is 3.47. The third-order valence-electron chi connectivity index (χ3n) is 4.18. The Morgan fingerprint density at radius 3 is 2.81 bits per heavy atom. The number of amides is 2. The highest BCUT2D eigenvalue weighted by Gasteiger charge is 2.20. The number of carbonyl (C=O) groups excluding carboxylic acids is 2. The third-order valence-corrected chi connectivity index (χ3v) is 5.01. The lowest BCUT2D eigenvalue weighted by Gasteiger charge is -2.27. The minimum absolute atomic E-state index is 0.0867. The van der Waals surface area contributed by atoms with Gasteiger partial charge in [-0.25, -0.2) is 15.4 Å². The lowest BCUT2D eigenvalue weighted by Crippen LogP contribution is -2.36. The standard InChI is InChI=1S/C18H21N5O3S/c1-12-9-20-18(27-12)21-15-6-5-14(10-19-15)17(25)23-8-2-3-13(11-23)4-7-16(24)22-26/h3,5-6,9-10,26H,2,4,7-8,11H2,1H3,(H,22,24)(H,19,20,21). The van der Waals surface area contributed by atoms with Gasteiger partial charge in [-0.2, -0.15) is 0 Å². The van der Waals surface area contributed by atoms with Gasteiger partial charge in [0.05, 0.1) is 5.56 Å². The summed E-state index contributed by atoms with van der Waals surface area (Å²) in [6, 6.07) is 3.51. The van der Waals surface area contributed by atoms with Gasteiger partial charge in [0.15, 0.2) is 5.13 Å². The normalized spacial score (nSPS) is 13.9. The maximum Gasteiger partial charge on any atom is 0.255 e. The summed E-state index contributed by atoms with van der Waals surface area (Å²) in [6.45, 7) is 3.10. The maximum atomic E-state index is 12.7. The predicted molar refractivity (Wildman–Crippen MR) is 102 cm³/mol. The number of rotatable bonds is 6. The number of aryl methyl sites for hydroxylation is 1. The molecule has 0 saturated heterocycles. The fourth-order valence-electron chi connectivity index (χ4n) is 2.80. The molecule has 1 aliphatic heterocycles. The van der Waals surface area contributed by atoms with Crippen molar-refractivity contribution >= 4 is 34.1 Å². The van der Waals surface area contributed by atoms with Crippen LogP contribution in [0.5, 0.6) is 0 Å². The molecule has 142 valence electrons. The highest BCUT2D eigenvalue weighted by molar-refractivity contribution is 7.15. The Labute approximate surface area is 160 Å². The molecule has 0 unspecified atom stereocenters. The number of nitrogens with one attached hydrogen (secondary N) is 2. The van der Waals surface area contributed by atoms with Gasteiger partial charge >= 0.3 is 0 Å². The largest absolute Gasteiger partial charge is 0.334 e. The summed E-state index contributed by atoms with van der Waals surface area (Å²) < 4.78 is 0. The smallest absolute Gasteiger partial charge is 0.255 e. The van der Waals surface area contributed by atoms with E-state index >= 15 is 0 Å².